The number of hydrogen-bond acceptors (Lipinski definition) is 6. The van der Waals surface area contributed by atoms with Crippen molar-refractivity contribution in [3.63, 3.8) is 0 Å². The van der Waals surface area contributed by atoms with Crippen LogP contribution in [0, 0.1) is 5.82 Å². The third kappa shape index (κ3) is 5.72. The lowest BCUT2D eigenvalue weighted by Crippen LogP contribution is -2.16. The lowest BCUT2D eigenvalue weighted by molar-refractivity contribution is -0.116. The van der Waals surface area contributed by atoms with Gasteiger partial charge in [0.15, 0.2) is 0 Å². The number of rotatable bonds is 9. The van der Waals surface area contributed by atoms with Crippen LogP contribution in [0.25, 0.3) is 22.6 Å². The predicted molar refractivity (Wildman–Crippen MR) is 136 cm³/mol. The number of amides is 1. The molecule has 37 heavy (non-hydrogen) atoms. The zero-order valence-electron chi connectivity index (χ0n) is 20.1. The van der Waals surface area contributed by atoms with Crippen molar-refractivity contribution in [1.82, 2.24) is 19.7 Å². The average molecular weight is 498 g/mol. The maximum Gasteiger partial charge on any atom is 0.227 e. The molecule has 0 aliphatic heterocycles. The molecule has 2 heterocycles. The molecule has 1 N–H and O–H groups in total. The van der Waals surface area contributed by atoms with Crippen molar-refractivity contribution >= 4 is 11.7 Å². The third-order valence-electron chi connectivity index (χ3n) is 5.79. The van der Waals surface area contributed by atoms with E-state index in [-0.39, 0.29) is 24.6 Å². The van der Waals surface area contributed by atoms with Gasteiger partial charge < -0.3 is 19.1 Å². The summed E-state index contributed by atoms with van der Waals surface area (Å²) in [6.07, 6.45) is 2.07. The smallest absolute Gasteiger partial charge is 0.227 e. The molecule has 0 unspecified atom stereocenters. The summed E-state index contributed by atoms with van der Waals surface area (Å²) in [5.41, 5.74) is 3.10. The molecule has 5 rings (SSSR count). The molecule has 186 valence electrons. The molecular formula is C28H24FN5O3. The second-order valence-electron chi connectivity index (χ2n) is 8.35. The number of nitrogens with zero attached hydrogens (tertiary/aromatic N) is 4. The number of halogens is 1. The number of aromatic nitrogens is 4. The Morgan fingerprint density at radius 3 is 2.46 bits per heavy atom. The molecule has 0 aliphatic rings. The van der Waals surface area contributed by atoms with E-state index >= 15 is 0 Å². The van der Waals surface area contributed by atoms with Crippen LogP contribution in [0.5, 0.6) is 5.75 Å². The fourth-order valence-electron chi connectivity index (χ4n) is 3.86. The molecule has 0 radical (unpaired) electrons. The normalized spacial score (nSPS) is 10.9. The van der Waals surface area contributed by atoms with Crippen molar-refractivity contribution in [3.05, 3.63) is 102 Å². The van der Waals surface area contributed by atoms with Crippen LogP contribution in [0.15, 0.2) is 89.7 Å². The zero-order valence-corrected chi connectivity index (χ0v) is 20.1. The van der Waals surface area contributed by atoms with Crippen molar-refractivity contribution in [2.45, 2.75) is 19.4 Å². The van der Waals surface area contributed by atoms with Crippen LogP contribution in [0.2, 0.25) is 0 Å². The number of benzene rings is 3. The van der Waals surface area contributed by atoms with Crippen molar-refractivity contribution < 1.29 is 18.4 Å². The number of carbonyl (C=O) groups excluding carboxylic acids is 1. The van der Waals surface area contributed by atoms with Crippen LogP contribution in [-0.2, 0) is 17.8 Å². The number of nitrogens with one attached hydrogen (secondary N) is 1. The minimum atomic E-state index is -0.341. The van der Waals surface area contributed by atoms with Crippen LogP contribution in [0.4, 0.5) is 10.2 Å². The summed E-state index contributed by atoms with van der Waals surface area (Å²) in [7, 11) is 1.60. The predicted octanol–water partition coefficient (Wildman–Crippen LogP) is 5.37. The first kappa shape index (κ1) is 23.9. The van der Waals surface area contributed by atoms with E-state index in [1.165, 1.54) is 12.1 Å². The molecular weight excluding hydrogens is 473 g/mol. The van der Waals surface area contributed by atoms with E-state index in [2.05, 4.69) is 20.4 Å². The molecule has 1 amide bonds. The van der Waals surface area contributed by atoms with E-state index in [0.717, 1.165) is 16.9 Å². The van der Waals surface area contributed by atoms with Gasteiger partial charge in [0.05, 0.1) is 20.0 Å². The first-order valence-electron chi connectivity index (χ1n) is 11.7. The van der Waals surface area contributed by atoms with Crippen molar-refractivity contribution in [2.75, 3.05) is 12.4 Å². The van der Waals surface area contributed by atoms with Gasteiger partial charge in [-0.05, 0) is 54.1 Å². The molecule has 3 aromatic carbocycles. The highest BCUT2D eigenvalue weighted by atomic mass is 19.1. The van der Waals surface area contributed by atoms with Crippen LogP contribution in [0.3, 0.4) is 0 Å². The Labute approximate surface area is 212 Å². The lowest BCUT2D eigenvalue weighted by Gasteiger charge is -2.12. The molecule has 0 bridgehead atoms. The molecule has 0 atom stereocenters. The first-order chi connectivity index (χ1) is 18.1. The number of ether oxygens (including phenoxy) is 1. The largest absolute Gasteiger partial charge is 0.497 e. The fraction of sp³-hybridized carbons (Fsp3) is 0.143. The van der Waals surface area contributed by atoms with Gasteiger partial charge in [-0.25, -0.2) is 9.37 Å². The van der Waals surface area contributed by atoms with Gasteiger partial charge >= 0.3 is 0 Å². The number of imidazole rings is 1. The molecule has 8 nitrogen and oxygen atoms in total. The standard InChI is InChI=1S/C28H24FN5O3/c1-36-23-13-9-21(10-14-23)27-32-25(37-33-27)16-15-24(35)31-28-26(20-7-11-22(29)12-8-20)30-18-34(28)17-19-5-3-2-4-6-19/h2-14,18H,15-17H2,1H3,(H,31,35). The summed E-state index contributed by atoms with van der Waals surface area (Å²) in [6, 6.07) is 23.2. The van der Waals surface area contributed by atoms with Gasteiger partial charge in [-0.2, -0.15) is 4.98 Å². The van der Waals surface area contributed by atoms with E-state index in [9.17, 15) is 9.18 Å². The maximum absolute atomic E-state index is 13.5. The van der Waals surface area contributed by atoms with Crippen molar-refractivity contribution in [1.29, 1.82) is 0 Å². The molecule has 9 heteroatoms. The highest BCUT2D eigenvalue weighted by Crippen LogP contribution is 2.28. The average Bonchev–Trinajstić information content (AvgIpc) is 3.56. The molecule has 0 fully saturated rings. The van der Waals surface area contributed by atoms with Gasteiger partial charge in [0.2, 0.25) is 17.6 Å². The Morgan fingerprint density at radius 1 is 1.00 bits per heavy atom. The molecule has 0 saturated heterocycles. The Balaban J connectivity index is 1.30. The summed E-state index contributed by atoms with van der Waals surface area (Å²) < 4.78 is 25.9. The van der Waals surface area contributed by atoms with Gasteiger partial charge in [-0.3, -0.25) is 4.79 Å². The maximum atomic E-state index is 13.5. The quantitative estimate of drug-likeness (QED) is 0.294. The second kappa shape index (κ2) is 10.9. The van der Waals surface area contributed by atoms with E-state index < -0.39 is 0 Å². The topological polar surface area (TPSA) is 95.1 Å². The molecule has 0 spiro atoms. The van der Waals surface area contributed by atoms with E-state index in [1.807, 2.05) is 59.2 Å². The third-order valence-corrected chi connectivity index (χ3v) is 5.79. The minimum absolute atomic E-state index is 0.129. The van der Waals surface area contributed by atoms with E-state index in [0.29, 0.717) is 35.3 Å². The summed E-state index contributed by atoms with van der Waals surface area (Å²) >= 11 is 0. The molecule has 0 aliphatic carbocycles. The first-order valence-corrected chi connectivity index (χ1v) is 11.7. The number of anilines is 1. The SMILES string of the molecule is COc1ccc(-c2noc(CCC(=O)Nc3c(-c4ccc(F)cc4)ncn3Cc3ccccc3)n2)cc1. The molecule has 0 saturated carbocycles. The highest BCUT2D eigenvalue weighted by molar-refractivity contribution is 5.93. The van der Waals surface area contributed by atoms with Gasteiger partial charge in [0.25, 0.3) is 0 Å². The summed E-state index contributed by atoms with van der Waals surface area (Å²) in [5.74, 6) is 1.49. The van der Waals surface area contributed by atoms with Crippen molar-refractivity contribution in [3.8, 4) is 28.4 Å². The summed E-state index contributed by atoms with van der Waals surface area (Å²) in [4.78, 5) is 21.9. The van der Waals surface area contributed by atoms with Crippen LogP contribution in [0.1, 0.15) is 17.9 Å². The lowest BCUT2D eigenvalue weighted by atomic mass is 10.1. The number of methoxy groups -OCH3 is 1. The number of aryl methyl sites for hydroxylation is 1. The van der Waals surface area contributed by atoms with Gasteiger partial charge in [0, 0.05) is 24.0 Å². The van der Waals surface area contributed by atoms with Crippen LogP contribution >= 0.6 is 0 Å². The number of carbonyl (C=O) groups is 1. The monoisotopic (exact) mass is 497 g/mol. The van der Waals surface area contributed by atoms with Gasteiger partial charge in [-0.1, -0.05) is 35.5 Å². The second-order valence-corrected chi connectivity index (χ2v) is 8.35. The zero-order chi connectivity index (χ0) is 25.6. The van der Waals surface area contributed by atoms with Crippen molar-refractivity contribution in [2.24, 2.45) is 0 Å². The Hall–Kier alpha value is -4.79. The van der Waals surface area contributed by atoms with E-state index in [1.54, 1.807) is 25.6 Å². The van der Waals surface area contributed by atoms with Crippen LogP contribution in [-0.4, -0.2) is 32.7 Å². The number of hydrogen-bond donors (Lipinski definition) is 1. The Morgan fingerprint density at radius 2 is 1.73 bits per heavy atom. The molecule has 2 aromatic heterocycles. The highest BCUT2D eigenvalue weighted by Gasteiger charge is 2.17. The van der Waals surface area contributed by atoms with Crippen LogP contribution < -0.4 is 10.1 Å². The van der Waals surface area contributed by atoms with E-state index in [4.69, 9.17) is 9.26 Å². The summed E-state index contributed by atoms with van der Waals surface area (Å²) in [6.45, 7) is 0.513. The fourth-order valence-corrected chi connectivity index (χ4v) is 3.86. The van der Waals surface area contributed by atoms with Gasteiger partial charge in [-0.15, -0.1) is 0 Å². The van der Waals surface area contributed by atoms with Gasteiger partial charge in [0.1, 0.15) is 23.1 Å². The molecule has 5 aromatic rings. The Kier molecular flexibility index (Phi) is 7.02. The minimum Gasteiger partial charge on any atom is -0.497 e. The summed E-state index contributed by atoms with van der Waals surface area (Å²) in [5, 5.41) is 6.99. The Bertz CT molecular complexity index is 1480.